The minimum absolute atomic E-state index is 0.207. The third kappa shape index (κ3) is 4.19. The van der Waals surface area contributed by atoms with E-state index in [0.29, 0.717) is 18.8 Å². The van der Waals surface area contributed by atoms with E-state index in [4.69, 9.17) is 10.8 Å². The number of amides is 1. The second-order valence-electron chi connectivity index (χ2n) is 4.92. The molecule has 3 unspecified atom stereocenters. The van der Waals surface area contributed by atoms with Crippen LogP contribution in [0.5, 0.6) is 0 Å². The van der Waals surface area contributed by atoms with E-state index in [1.165, 1.54) is 0 Å². The summed E-state index contributed by atoms with van der Waals surface area (Å²) in [6.45, 7) is 4.01. The molecule has 1 aliphatic rings. The van der Waals surface area contributed by atoms with Crippen LogP contribution in [0, 0.1) is 11.8 Å². The molecule has 96 valence electrons. The van der Waals surface area contributed by atoms with Crippen LogP contribution in [0.4, 0.5) is 0 Å². The number of carboxylic acid groups (broad SMARTS) is 1. The maximum atomic E-state index is 11.7. The first kappa shape index (κ1) is 13.7. The van der Waals surface area contributed by atoms with Gasteiger partial charge < -0.3 is 16.2 Å². The highest BCUT2D eigenvalue weighted by Gasteiger charge is 2.26. The van der Waals surface area contributed by atoms with Crippen LogP contribution in [0.2, 0.25) is 0 Å². The van der Waals surface area contributed by atoms with E-state index in [1.54, 1.807) is 12.2 Å². The molecule has 0 aromatic heterocycles. The average Bonchev–Trinajstić information content (AvgIpc) is 2.65. The first-order valence-corrected chi connectivity index (χ1v) is 5.87. The van der Waals surface area contributed by atoms with Gasteiger partial charge in [0.05, 0.1) is 12.0 Å². The third-order valence-corrected chi connectivity index (χ3v) is 2.79. The Morgan fingerprint density at radius 2 is 2.12 bits per heavy atom. The van der Waals surface area contributed by atoms with Crippen molar-refractivity contribution in [3.8, 4) is 0 Å². The zero-order valence-electron chi connectivity index (χ0n) is 10.2. The maximum absolute atomic E-state index is 11.7. The Morgan fingerprint density at radius 3 is 2.59 bits per heavy atom. The minimum atomic E-state index is -0.857. The standard InChI is InChI=1S/C12H20N2O3/c1-7(2)5-10(13)11(15)14-9-4-3-8(6-9)12(16)17/h3-4,7-10H,5-6,13H2,1-2H3,(H,14,15)(H,16,17). The van der Waals surface area contributed by atoms with Gasteiger partial charge in [0.25, 0.3) is 0 Å². The second-order valence-corrected chi connectivity index (χ2v) is 4.92. The average molecular weight is 240 g/mol. The first-order valence-electron chi connectivity index (χ1n) is 5.87. The van der Waals surface area contributed by atoms with Crippen molar-refractivity contribution in [2.75, 3.05) is 0 Å². The van der Waals surface area contributed by atoms with Crippen molar-refractivity contribution in [1.29, 1.82) is 0 Å². The molecule has 1 rings (SSSR count). The molecule has 0 aromatic carbocycles. The number of aliphatic carboxylic acids is 1. The Kier molecular flexibility index (Phi) is 4.69. The van der Waals surface area contributed by atoms with Crippen LogP contribution < -0.4 is 11.1 Å². The van der Waals surface area contributed by atoms with E-state index in [-0.39, 0.29) is 11.9 Å². The van der Waals surface area contributed by atoms with Gasteiger partial charge in [-0.15, -0.1) is 0 Å². The number of carboxylic acids is 1. The number of hydrogen-bond donors (Lipinski definition) is 3. The van der Waals surface area contributed by atoms with E-state index in [9.17, 15) is 9.59 Å². The molecule has 17 heavy (non-hydrogen) atoms. The van der Waals surface area contributed by atoms with Crippen molar-refractivity contribution >= 4 is 11.9 Å². The van der Waals surface area contributed by atoms with Crippen molar-refractivity contribution < 1.29 is 14.7 Å². The van der Waals surface area contributed by atoms with Gasteiger partial charge in [-0.1, -0.05) is 26.0 Å². The van der Waals surface area contributed by atoms with Crippen LogP contribution >= 0.6 is 0 Å². The summed E-state index contributed by atoms with van der Waals surface area (Å²) >= 11 is 0. The fraction of sp³-hybridized carbons (Fsp3) is 0.667. The first-order chi connectivity index (χ1) is 7.90. The Balaban J connectivity index is 2.38. The van der Waals surface area contributed by atoms with Crippen LogP contribution in [0.25, 0.3) is 0 Å². The van der Waals surface area contributed by atoms with Gasteiger partial charge in [0.1, 0.15) is 0 Å². The van der Waals surface area contributed by atoms with Crippen LogP contribution in [0.1, 0.15) is 26.7 Å². The highest BCUT2D eigenvalue weighted by atomic mass is 16.4. The number of carbonyl (C=O) groups is 2. The van der Waals surface area contributed by atoms with Crippen molar-refractivity contribution in [2.24, 2.45) is 17.6 Å². The molecule has 1 aliphatic carbocycles. The number of rotatable bonds is 5. The number of hydrogen-bond acceptors (Lipinski definition) is 3. The van der Waals surface area contributed by atoms with E-state index in [2.05, 4.69) is 5.32 Å². The van der Waals surface area contributed by atoms with Gasteiger partial charge in [-0.05, 0) is 18.8 Å². The number of nitrogens with one attached hydrogen (secondary N) is 1. The van der Waals surface area contributed by atoms with Gasteiger partial charge in [0.2, 0.25) is 5.91 Å². The molecule has 0 saturated heterocycles. The van der Waals surface area contributed by atoms with E-state index in [1.807, 2.05) is 13.8 Å². The van der Waals surface area contributed by atoms with Gasteiger partial charge >= 0.3 is 5.97 Å². The third-order valence-electron chi connectivity index (χ3n) is 2.79. The molecule has 0 aliphatic heterocycles. The molecule has 0 radical (unpaired) electrons. The van der Waals surface area contributed by atoms with Gasteiger partial charge in [-0.25, -0.2) is 0 Å². The second kappa shape index (κ2) is 5.82. The Labute approximate surface area is 101 Å². The van der Waals surface area contributed by atoms with Crippen molar-refractivity contribution in [3.05, 3.63) is 12.2 Å². The molecule has 0 saturated carbocycles. The predicted octanol–water partition coefficient (Wildman–Crippen LogP) is 0.505. The van der Waals surface area contributed by atoms with Gasteiger partial charge in [-0.3, -0.25) is 9.59 Å². The molecule has 0 spiro atoms. The van der Waals surface area contributed by atoms with Crippen molar-refractivity contribution in [1.82, 2.24) is 5.32 Å². The summed E-state index contributed by atoms with van der Waals surface area (Å²) in [5, 5.41) is 11.6. The molecule has 1 amide bonds. The van der Waals surface area contributed by atoms with Gasteiger partial charge in [0, 0.05) is 6.04 Å². The highest BCUT2D eigenvalue weighted by Crippen LogP contribution is 2.18. The van der Waals surface area contributed by atoms with Gasteiger partial charge in [-0.2, -0.15) is 0 Å². The lowest BCUT2D eigenvalue weighted by molar-refractivity contribution is -0.140. The fourth-order valence-corrected chi connectivity index (χ4v) is 1.89. The SMILES string of the molecule is CC(C)CC(N)C(=O)NC1C=CC(C(=O)O)C1. The lowest BCUT2D eigenvalue weighted by Gasteiger charge is -2.17. The summed E-state index contributed by atoms with van der Waals surface area (Å²) in [5.41, 5.74) is 5.74. The number of carbonyl (C=O) groups excluding carboxylic acids is 1. The molecule has 5 nitrogen and oxygen atoms in total. The quantitative estimate of drug-likeness (QED) is 0.610. The lowest BCUT2D eigenvalue weighted by atomic mass is 10.0. The van der Waals surface area contributed by atoms with E-state index < -0.39 is 17.9 Å². The molecule has 3 atom stereocenters. The largest absolute Gasteiger partial charge is 0.481 e. The van der Waals surface area contributed by atoms with E-state index >= 15 is 0 Å². The summed E-state index contributed by atoms with van der Waals surface area (Å²) in [6, 6.07) is -0.728. The summed E-state index contributed by atoms with van der Waals surface area (Å²) in [7, 11) is 0. The summed E-state index contributed by atoms with van der Waals surface area (Å²) < 4.78 is 0. The molecule has 4 N–H and O–H groups in total. The monoisotopic (exact) mass is 240 g/mol. The van der Waals surface area contributed by atoms with E-state index in [0.717, 1.165) is 0 Å². The smallest absolute Gasteiger partial charge is 0.310 e. The zero-order valence-corrected chi connectivity index (χ0v) is 10.2. The Hall–Kier alpha value is -1.36. The molecule has 0 heterocycles. The molecular weight excluding hydrogens is 220 g/mol. The summed E-state index contributed by atoms with van der Waals surface area (Å²) in [4.78, 5) is 22.4. The molecule has 0 aromatic rings. The maximum Gasteiger partial charge on any atom is 0.310 e. The van der Waals surface area contributed by atoms with Gasteiger partial charge in [0.15, 0.2) is 0 Å². The lowest BCUT2D eigenvalue weighted by Crippen LogP contribution is -2.45. The normalized spacial score (nSPS) is 24.9. The fourth-order valence-electron chi connectivity index (χ4n) is 1.89. The van der Waals surface area contributed by atoms with Crippen molar-refractivity contribution in [2.45, 2.75) is 38.8 Å². The summed E-state index contributed by atoms with van der Waals surface area (Å²) in [5.74, 6) is -1.20. The van der Waals surface area contributed by atoms with Crippen molar-refractivity contribution in [3.63, 3.8) is 0 Å². The molecule has 0 bridgehead atoms. The Bertz CT molecular complexity index is 326. The minimum Gasteiger partial charge on any atom is -0.481 e. The van der Waals surface area contributed by atoms with Crippen LogP contribution in [0.15, 0.2) is 12.2 Å². The molecular formula is C12H20N2O3. The van der Waals surface area contributed by atoms with Crippen LogP contribution in [-0.4, -0.2) is 29.1 Å². The van der Waals surface area contributed by atoms with Crippen LogP contribution in [0.3, 0.4) is 0 Å². The molecule has 0 fully saturated rings. The Morgan fingerprint density at radius 1 is 1.47 bits per heavy atom. The zero-order chi connectivity index (χ0) is 13.0. The number of nitrogens with two attached hydrogens (primary N) is 1. The topological polar surface area (TPSA) is 92.4 Å². The highest BCUT2D eigenvalue weighted by molar-refractivity contribution is 5.82. The molecule has 5 heteroatoms. The summed E-state index contributed by atoms with van der Waals surface area (Å²) in [6.07, 6.45) is 4.38. The van der Waals surface area contributed by atoms with Crippen LogP contribution in [-0.2, 0) is 9.59 Å². The predicted molar refractivity (Wildman–Crippen MR) is 64.2 cm³/mol.